The molecule has 0 fully saturated rings. The van der Waals surface area contributed by atoms with E-state index in [9.17, 15) is 4.79 Å². The highest BCUT2D eigenvalue weighted by Gasteiger charge is 2.18. The van der Waals surface area contributed by atoms with Crippen LogP contribution in [0.25, 0.3) is 0 Å². The van der Waals surface area contributed by atoms with Gasteiger partial charge in [-0.15, -0.1) is 0 Å². The minimum atomic E-state index is -0.805. The first-order valence-electron chi connectivity index (χ1n) is 4.34. The summed E-state index contributed by atoms with van der Waals surface area (Å²) in [5.74, 6) is 0.413. The van der Waals surface area contributed by atoms with E-state index in [0.29, 0.717) is 12.5 Å². The maximum atomic E-state index is 11.1. The lowest BCUT2D eigenvalue weighted by Crippen LogP contribution is -2.48. The smallest absolute Gasteiger partial charge is 0.316 e. The fourth-order valence-corrected chi connectivity index (χ4v) is 0.653. The van der Waals surface area contributed by atoms with E-state index in [1.165, 1.54) is 0 Å². The van der Waals surface area contributed by atoms with Gasteiger partial charge in [-0.2, -0.15) is 5.26 Å². The van der Waals surface area contributed by atoms with Crippen LogP contribution in [0.3, 0.4) is 0 Å². The summed E-state index contributed by atoms with van der Waals surface area (Å²) in [7, 11) is 0. The van der Waals surface area contributed by atoms with Gasteiger partial charge in [-0.1, -0.05) is 13.8 Å². The Balaban J connectivity index is 3.83. The second-order valence-electron chi connectivity index (χ2n) is 3.97. The number of carbonyl (C=O) groups excluding carboxylic acids is 1. The van der Waals surface area contributed by atoms with Gasteiger partial charge in [0.05, 0.1) is 6.07 Å². The molecule has 0 rings (SSSR count). The van der Waals surface area contributed by atoms with Gasteiger partial charge in [-0.05, 0) is 19.8 Å². The minimum absolute atomic E-state index is 0.291. The highest BCUT2D eigenvalue weighted by molar-refractivity contribution is 5.75. The summed E-state index contributed by atoms with van der Waals surface area (Å²) in [5.41, 5.74) is -0.805. The van der Waals surface area contributed by atoms with Crippen LogP contribution in [0.1, 0.15) is 27.7 Å². The van der Waals surface area contributed by atoms with Crippen molar-refractivity contribution in [1.29, 1.82) is 5.26 Å². The molecule has 0 aliphatic heterocycles. The van der Waals surface area contributed by atoms with Crippen LogP contribution >= 0.6 is 0 Å². The van der Waals surface area contributed by atoms with E-state index in [-0.39, 0.29) is 6.03 Å². The van der Waals surface area contributed by atoms with E-state index >= 15 is 0 Å². The third kappa shape index (κ3) is 5.97. The molecule has 0 aromatic rings. The summed E-state index contributed by atoms with van der Waals surface area (Å²) < 4.78 is 0. The molecule has 0 aromatic carbocycles. The number of nitrogens with one attached hydrogen (secondary N) is 2. The molecular formula is C9H17N3O. The van der Waals surface area contributed by atoms with Crippen LogP contribution in [0.5, 0.6) is 0 Å². The Bertz CT molecular complexity index is 215. The van der Waals surface area contributed by atoms with E-state index in [2.05, 4.69) is 10.6 Å². The van der Waals surface area contributed by atoms with Gasteiger partial charge in [-0.25, -0.2) is 4.79 Å². The SMILES string of the molecule is CC(C)CNC(=O)NC(C)(C)C#N. The summed E-state index contributed by atoms with van der Waals surface area (Å²) in [5, 5.41) is 13.8. The highest BCUT2D eigenvalue weighted by Crippen LogP contribution is 1.97. The maximum absolute atomic E-state index is 11.1. The van der Waals surface area contributed by atoms with E-state index < -0.39 is 5.54 Å². The molecule has 4 heteroatoms. The van der Waals surface area contributed by atoms with Crippen LogP contribution in [0.2, 0.25) is 0 Å². The Morgan fingerprint density at radius 1 is 1.54 bits per heavy atom. The van der Waals surface area contributed by atoms with Gasteiger partial charge in [0.25, 0.3) is 0 Å². The van der Waals surface area contributed by atoms with Crippen LogP contribution in [0, 0.1) is 17.2 Å². The third-order valence-electron chi connectivity index (χ3n) is 1.38. The molecule has 2 N–H and O–H groups in total. The number of nitriles is 1. The van der Waals surface area contributed by atoms with Crippen LogP contribution in [0.15, 0.2) is 0 Å². The van der Waals surface area contributed by atoms with Crippen molar-refractivity contribution in [2.45, 2.75) is 33.2 Å². The average Bonchev–Trinajstić information content (AvgIpc) is 2.00. The van der Waals surface area contributed by atoms with Crippen molar-refractivity contribution < 1.29 is 4.79 Å². The molecule has 0 radical (unpaired) electrons. The lowest BCUT2D eigenvalue weighted by Gasteiger charge is -2.18. The number of amides is 2. The largest absolute Gasteiger partial charge is 0.338 e. The number of hydrogen-bond acceptors (Lipinski definition) is 2. The number of rotatable bonds is 3. The second-order valence-corrected chi connectivity index (χ2v) is 3.97. The van der Waals surface area contributed by atoms with Gasteiger partial charge in [0.1, 0.15) is 5.54 Å². The van der Waals surface area contributed by atoms with Crippen molar-refractivity contribution in [3.63, 3.8) is 0 Å². The molecule has 74 valence electrons. The van der Waals surface area contributed by atoms with Gasteiger partial charge in [0.15, 0.2) is 0 Å². The van der Waals surface area contributed by atoms with E-state index in [1.807, 2.05) is 19.9 Å². The van der Waals surface area contributed by atoms with Crippen LogP contribution in [-0.2, 0) is 0 Å². The molecule has 0 bridgehead atoms. The normalized spacial score (nSPS) is 10.8. The van der Waals surface area contributed by atoms with Gasteiger partial charge in [0, 0.05) is 6.54 Å². The molecule has 0 spiro atoms. The Hall–Kier alpha value is -1.24. The quantitative estimate of drug-likeness (QED) is 0.691. The fourth-order valence-electron chi connectivity index (χ4n) is 0.653. The topological polar surface area (TPSA) is 64.9 Å². The first kappa shape index (κ1) is 11.8. The van der Waals surface area contributed by atoms with Crippen LogP contribution < -0.4 is 10.6 Å². The first-order chi connectivity index (χ1) is 5.87. The van der Waals surface area contributed by atoms with Crippen molar-refractivity contribution in [3.8, 4) is 6.07 Å². The molecule has 0 aliphatic carbocycles. The van der Waals surface area contributed by atoms with Crippen molar-refractivity contribution in [1.82, 2.24) is 10.6 Å². The van der Waals surface area contributed by atoms with Crippen molar-refractivity contribution >= 4 is 6.03 Å². The zero-order chi connectivity index (χ0) is 10.5. The van der Waals surface area contributed by atoms with Crippen LogP contribution in [0.4, 0.5) is 4.79 Å². The molecule has 0 unspecified atom stereocenters. The molecule has 0 aromatic heterocycles. The Morgan fingerprint density at radius 3 is 2.46 bits per heavy atom. The lowest BCUT2D eigenvalue weighted by atomic mass is 10.1. The summed E-state index contributed by atoms with van der Waals surface area (Å²) in [6, 6.07) is 1.70. The predicted molar refractivity (Wildman–Crippen MR) is 51.1 cm³/mol. The molecule has 13 heavy (non-hydrogen) atoms. The molecule has 0 aliphatic rings. The van der Waals surface area contributed by atoms with Crippen LogP contribution in [-0.4, -0.2) is 18.1 Å². The number of carbonyl (C=O) groups is 1. The number of hydrogen-bond donors (Lipinski definition) is 2. The Kier molecular flexibility index (Phi) is 4.26. The summed E-state index contributed by atoms with van der Waals surface area (Å²) in [4.78, 5) is 11.1. The van der Waals surface area contributed by atoms with Gasteiger partial charge in [0.2, 0.25) is 0 Å². The van der Waals surface area contributed by atoms with Gasteiger partial charge in [-0.3, -0.25) is 0 Å². The van der Waals surface area contributed by atoms with Crippen molar-refractivity contribution in [2.24, 2.45) is 5.92 Å². The Morgan fingerprint density at radius 2 is 2.08 bits per heavy atom. The standard InChI is InChI=1S/C9H17N3O/c1-7(2)5-11-8(13)12-9(3,4)6-10/h7H,5H2,1-4H3,(H2,11,12,13). The zero-order valence-corrected chi connectivity index (χ0v) is 8.64. The van der Waals surface area contributed by atoms with Gasteiger partial charge < -0.3 is 10.6 Å². The lowest BCUT2D eigenvalue weighted by molar-refractivity contribution is 0.233. The minimum Gasteiger partial charge on any atom is -0.338 e. The summed E-state index contributed by atoms with van der Waals surface area (Å²) >= 11 is 0. The van der Waals surface area contributed by atoms with E-state index in [4.69, 9.17) is 5.26 Å². The molecule has 0 saturated carbocycles. The van der Waals surface area contributed by atoms with E-state index in [1.54, 1.807) is 13.8 Å². The zero-order valence-electron chi connectivity index (χ0n) is 8.64. The fraction of sp³-hybridized carbons (Fsp3) is 0.778. The molecular weight excluding hydrogens is 166 g/mol. The maximum Gasteiger partial charge on any atom is 0.316 e. The molecule has 0 heterocycles. The number of urea groups is 1. The first-order valence-corrected chi connectivity index (χ1v) is 4.34. The van der Waals surface area contributed by atoms with Crippen molar-refractivity contribution in [3.05, 3.63) is 0 Å². The Labute approximate surface area is 79.3 Å². The molecule has 0 saturated heterocycles. The third-order valence-corrected chi connectivity index (χ3v) is 1.38. The summed E-state index contributed by atoms with van der Waals surface area (Å²) in [6.45, 7) is 7.95. The average molecular weight is 183 g/mol. The summed E-state index contributed by atoms with van der Waals surface area (Å²) in [6.07, 6.45) is 0. The highest BCUT2D eigenvalue weighted by atomic mass is 16.2. The van der Waals surface area contributed by atoms with E-state index in [0.717, 1.165) is 0 Å². The van der Waals surface area contributed by atoms with Crippen molar-refractivity contribution in [2.75, 3.05) is 6.54 Å². The molecule has 0 atom stereocenters. The number of nitrogens with zero attached hydrogens (tertiary/aromatic N) is 1. The molecule has 4 nitrogen and oxygen atoms in total. The monoisotopic (exact) mass is 183 g/mol. The van der Waals surface area contributed by atoms with Gasteiger partial charge >= 0.3 is 6.03 Å². The second kappa shape index (κ2) is 4.70. The predicted octanol–water partition coefficient (Wildman–Crippen LogP) is 1.24. The molecule has 2 amide bonds.